The van der Waals surface area contributed by atoms with E-state index in [2.05, 4.69) is 21.2 Å². The van der Waals surface area contributed by atoms with Crippen molar-refractivity contribution in [2.24, 2.45) is 0 Å². The fourth-order valence-electron chi connectivity index (χ4n) is 1.72. The number of halogens is 4. The molecule has 1 heterocycles. The van der Waals surface area contributed by atoms with Crippen LogP contribution in [0.1, 0.15) is 9.67 Å². The first-order valence-electron chi connectivity index (χ1n) is 6.23. The van der Waals surface area contributed by atoms with Crippen molar-refractivity contribution in [3.05, 3.63) is 50.4 Å². The maximum atomic E-state index is 13.5. The van der Waals surface area contributed by atoms with Crippen molar-refractivity contribution >= 4 is 44.8 Å². The minimum Gasteiger partial charge on any atom is -0.332 e. The molecule has 4 nitrogen and oxygen atoms in total. The third-order valence-corrected chi connectivity index (χ3v) is 4.43. The van der Waals surface area contributed by atoms with Crippen LogP contribution in [0, 0.1) is 17.5 Å². The third kappa shape index (κ3) is 4.11. The highest BCUT2D eigenvalue weighted by molar-refractivity contribution is 9.11. The number of nitrogens with zero attached hydrogens (tertiary/aromatic N) is 1. The lowest BCUT2D eigenvalue weighted by molar-refractivity contribution is -0.116. The number of likely N-dealkylation sites (N-methyl/N-ethyl adjacent to an activating group) is 1. The van der Waals surface area contributed by atoms with E-state index in [1.54, 1.807) is 12.1 Å². The summed E-state index contributed by atoms with van der Waals surface area (Å²) < 4.78 is 40.1. The predicted molar refractivity (Wildman–Crippen MR) is 83.9 cm³/mol. The molecule has 2 rings (SSSR count). The summed E-state index contributed by atoms with van der Waals surface area (Å²) in [5, 5.41) is 2.10. The highest BCUT2D eigenvalue weighted by atomic mass is 79.9. The smallest absolute Gasteiger partial charge is 0.264 e. The van der Waals surface area contributed by atoms with Crippen molar-refractivity contribution in [1.82, 2.24) is 4.90 Å². The van der Waals surface area contributed by atoms with Crippen LogP contribution in [0.4, 0.5) is 18.9 Å². The van der Waals surface area contributed by atoms with Gasteiger partial charge in [-0.05, 0) is 40.2 Å². The van der Waals surface area contributed by atoms with Gasteiger partial charge in [-0.15, -0.1) is 11.3 Å². The van der Waals surface area contributed by atoms with Crippen LogP contribution in [-0.2, 0) is 4.79 Å². The van der Waals surface area contributed by atoms with Crippen LogP contribution in [-0.4, -0.2) is 30.3 Å². The van der Waals surface area contributed by atoms with E-state index in [-0.39, 0.29) is 12.5 Å². The first-order valence-corrected chi connectivity index (χ1v) is 7.84. The average molecular weight is 407 g/mol. The highest BCUT2D eigenvalue weighted by Crippen LogP contribution is 2.23. The topological polar surface area (TPSA) is 49.4 Å². The van der Waals surface area contributed by atoms with Crippen LogP contribution in [0.2, 0.25) is 0 Å². The Balaban J connectivity index is 2.02. The molecule has 0 unspecified atom stereocenters. The minimum absolute atomic E-state index is 0.368. The van der Waals surface area contributed by atoms with Gasteiger partial charge in [0.1, 0.15) is 0 Å². The van der Waals surface area contributed by atoms with E-state index >= 15 is 0 Å². The Labute approximate surface area is 142 Å². The molecule has 1 N–H and O–H groups in total. The summed E-state index contributed by atoms with van der Waals surface area (Å²) in [5.74, 6) is -5.63. The molecule has 2 aromatic rings. The molecule has 0 saturated carbocycles. The highest BCUT2D eigenvalue weighted by Gasteiger charge is 2.19. The number of amides is 2. The normalized spacial score (nSPS) is 10.5. The zero-order valence-electron chi connectivity index (χ0n) is 11.7. The molecule has 0 bridgehead atoms. The molecule has 122 valence electrons. The van der Waals surface area contributed by atoms with Gasteiger partial charge in [-0.2, -0.15) is 0 Å². The molecule has 0 aliphatic rings. The Morgan fingerprint density at radius 1 is 1.17 bits per heavy atom. The van der Waals surface area contributed by atoms with E-state index < -0.39 is 29.0 Å². The van der Waals surface area contributed by atoms with Crippen molar-refractivity contribution in [3.8, 4) is 0 Å². The van der Waals surface area contributed by atoms with Crippen LogP contribution in [0.3, 0.4) is 0 Å². The maximum absolute atomic E-state index is 13.5. The molecule has 1 aromatic carbocycles. The van der Waals surface area contributed by atoms with Gasteiger partial charge in [0.25, 0.3) is 5.91 Å². The number of benzene rings is 1. The van der Waals surface area contributed by atoms with E-state index in [4.69, 9.17) is 0 Å². The SMILES string of the molecule is CN(CC(=O)Nc1ccc(F)c(F)c1F)C(=O)c1ccc(Br)s1. The fraction of sp³-hybridized carbons (Fsp3) is 0.143. The third-order valence-electron chi connectivity index (χ3n) is 2.82. The van der Waals surface area contributed by atoms with Crippen LogP contribution in [0.15, 0.2) is 28.1 Å². The van der Waals surface area contributed by atoms with E-state index in [1.807, 2.05) is 0 Å². The lowest BCUT2D eigenvalue weighted by Crippen LogP contribution is -2.34. The van der Waals surface area contributed by atoms with Crippen molar-refractivity contribution < 1.29 is 22.8 Å². The van der Waals surface area contributed by atoms with E-state index in [0.717, 1.165) is 14.8 Å². The van der Waals surface area contributed by atoms with Gasteiger partial charge in [0.05, 0.1) is 20.9 Å². The first kappa shape index (κ1) is 17.5. The summed E-state index contributed by atoms with van der Waals surface area (Å²) in [6.45, 7) is -0.368. The molecule has 1 aromatic heterocycles. The Bertz CT molecular complexity index is 766. The molecule has 0 atom stereocenters. The van der Waals surface area contributed by atoms with Crippen LogP contribution < -0.4 is 5.32 Å². The zero-order valence-corrected chi connectivity index (χ0v) is 14.1. The van der Waals surface area contributed by atoms with Gasteiger partial charge in [-0.1, -0.05) is 0 Å². The molecule has 0 saturated heterocycles. The molecule has 9 heteroatoms. The van der Waals surface area contributed by atoms with Crippen molar-refractivity contribution in [2.45, 2.75) is 0 Å². The second-order valence-corrected chi connectivity index (χ2v) is 7.00. The second-order valence-electron chi connectivity index (χ2n) is 4.54. The van der Waals surface area contributed by atoms with Crippen molar-refractivity contribution in [3.63, 3.8) is 0 Å². The lowest BCUT2D eigenvalue weighted by Gasteiger charge is -2.16. The van der Waals surface area contributed by atoms with Gasteiger partial charge in [0, 0.05) is 7.05 Å². The van der Waals surface area contributed by atoms with Gasteiger partial charge in [-0.25, -0.2) is 13.2 Å². The van der Waals surface area contributed by atoms with E-state index in [9.17, 15) is 22.8 Å². The molecule has 0 spiro atoms. The molecule has 0 fully saturated rings. The quantitative estimate of drug-likeness (QED) is 0.787. The number of carbonyl (C=O) groups excluding carboxylic acids is 2. The van der Waals surface area contributed by atoms with E-state index in [1.165, 1.54) is 18.4 Å². The van der Waals surface area contributed by atoms with Gasteiger partial charge in [-0.3, -0.25) is 9.59 Å². The fourth-order valence-corrected chi connectivity index (χ4v) is 3.10. The van der Waals surface area contributed by atoms with Crippen LogP contribution in [0.5, 0.6) is 0 Å². The lowest BCUT2D eigenvalue weighted by atomic mass is 10.2. The molecular weight excluding hydrogens is 397 g/mol. The maximum Gasteiger partial charge on any atom is 0.264 e. The number of nitrogens with one attached hydrogen (secondary N) is 1. The standard InChI is InChI=1S/C14H10BrF3N2O2S/c1-20(14(22)9-4-5-10(15)23-9)6-11(21)19-8-3-2-7(16)12(17)13(8)18/h2-5H,6H2,1H3,(H,19,21). The van der Waals surface area contributed by atoms with E-state index in [0.29, 0.717) is 10.9 Å². The molecule has 0 radical (unpaired) electrons. The summed E-state index contributed by atoms with van der Waals surface area (Å²) in [6.07, 6.45) is 0. The number of anilines is 1. The Kier molecular flexibility index (Phi) is 5.42. The molecule has 23 heavy (non-hydrogen) atoms. The largest absolute Gasteiger partial charge is 0.332 e. The first-order chi connectivity index (χ1) is 10.8. The summed E-state index contributed by atoms with van der Waals surface area (Å²) in [5.41, 5.74) is -0.492. The number of thiophene rings is 1. The summed E-state index contributed by atoms with van der Waals surface area (Å²) in [4.78, 5) is 25.4. The minimum atomic E-state index is -1.67. The summed E-state index contributed by atoms with van der Waals surface area (Å²) in [7, 11) is 1.40. The Morgan fingerprint density at radius 2 is 1.87 bits per heavy atom. The summed E-state index contributed by atoms with van der Waals surface area (Å²) in [6, 6.07) is 4.90. The molecule has 0 aliphatic heterocycles. The number of carbonyl (C=O) groups is 2. The Hall–Kier alpha value is -1.87. The van der Waals surface area contributed by atoms with Crippen molar-refractivity contribution in [2.75, 3.05) is 18.9 Å². The average Bonchev–Trinajstić information content (AvgIpc) is 2.93. The summed E-state index contributed by atoms with van der Waals surface area (Å²) >= 11 is 4.43. The van der Waals surface area contributed by atoms with Crippen molar-refractivity contribution in [1.29, 1.82) is 0 Å². The van der Waals surface area contributed by atoms with Crippen LogP contribution in [0.25, 0.3) is 0 Å². The van der Waals surface area contributed by atoms with Gasteiger partial charge in [0.2, 0.25) is 5.91 Å². The van der Waals surface area contributed by atoms with Gasteiger partial charge < -0.3 is 10.2 Å². The number of rotatable bonds is 4. The monoisotopic (exact) mass is 406 g/mol. The van der Waals surface area contributed by atoms with Gasteiger partial charge in [0.15, 0.2) is 17.5 Å². The predicted octanol–water partition coefficient (Wildman–Crippen LogP) is 3.64. The van der Waals surface area contributed by atoms with Gasteiger partial charge >= 0.3 is 0 Å². The Morgan fingerprint density at radius 3 is 2.48 bits per heavy atom. The zero-order chi connectivity index (χ0) is 17.1. The number of hydrogen-bond acceptors (Lipinski definition) is 3. The molecular formula is C14H10BrF3N2O2S. The molecule has 0 aliphatic carbocycles. The molecule has 2 amide bonds. The van der Waals surface area contributed by atoms with Crippen LogP contribution >= 0.6 is 27.3 Å². The number of hydrogen-bond donors (Lipinski definition) is 1. The second kappa shape index (κ2) is 7.14.